The maximum atomic E-state index is 12.8. The molecular weight excluding hydrogens is 316 g/mol. The molecule has 1 aromatic heterocycles. The van der Waals surface area contributed by atoms with E-state index >= 15 is 0 Å². The van der Waals surface area contributed by atoms with Crippen LogP contribution < -0.4 is 5.43 Å². The van der Waals surface area contributed by atoms with Crippen molar-refractivity contribution in [3.05, 3.63) is 69.9 Å². The van der Waals surface area contributed by atoms with Gasteiger partial charge in [0.1, 0.15) is 5.58 Å². The van der Waals surface area contributed by atoms with Gasteiger partial charge < -0.3 is 9.15 Å². The summed E-state index contributed by atoms with van der Waals surface area (Å²) in [6, 6.07) is 14.1. The second-order valence-electron chi connectivity index (χ2n) is 4.92. The van der Waals surface area contributed by atoms with E-state index in [-0.39, 0.29) is 17.2 Å². The molecule has 5 heteroatoms. The largest absolute Gasteiger partial charge is 0.465 e. The third-order valence-corrected chi connectivity index (χ3v) is 3.86. The molecule has 0 amide bonds. The number of rotatable bonds is 3. The molecule has 0 unspecified atom stereocenters. The lowest BCUT2D eigenvalue weighted by molar-refractivity contribution is 0.0598. The number of para-hydroxylation sites is 1. The van der Waals surface area contributed by atoms with Gasteiger partial charge in [0.15, 0.2) is 11.3 Å². The molecule has 0 saturated heterocycles. The predicted molar refractivity (Wildman–Crippen MR) is 88.8 cm³/mol. The molecule has 0 bridgehead atoms. The molecule has 116 valence electrons. The van der Waals surface area contributed by atoms with Gasteiger partial charge in [-0.15, -0.1) is 11.6 Å². The number of esters is 1. The smallest absolute Gasteiger partial charge is 0.345 e. The fraction of sp³-hybridized carbons (Fsp3) is 0.111. The second kappa shape index (κ2) is 6.26. The fourth-order valence-electron chi connectivity index (χ4n) is 2.46. The fourth-order valence-corrected chi connectivity index (χ4v) is 2.67. The summed E-state index contributed by atoms with van der Waals surface area (Å²) in [4.78, 5) is 24.9. The lowest BCUT2D eigenvalue weighted by Gasteiger charge is -2.10. The number of alkyl halides is 1. The van der Waals surface area contributed by atoms with Crippen LogP contribution in [0.5, 0.6) is 0 Å². The minimum atomic E-state index is -0.726. The SMILES string of the molecule is COC(=O)c1c(-c2ccccc2)oc2c(CCl)cccc2c1=O. The summed E-state index contributed by atoms with van der Waals surface area (Å²) in [6.45, 7) is 0. The lowest BCUT2D eigenvalue weighted by atomic mass is 10.0. The molecule has 2 aromatic carbocycles. The maximum absolute atomic E-state index is 12.8. The number of hydrogen-bond donors (Lipinski definition) is 0. The van der Waals surface area contributed by atoms with E-state index in [1.165, 1.54) is 7.11 Å². The van der Waals surface area contributed by atoms with E-state index in [2.05, 4.69) is 0 Å². The van der Waals surface area contributed by atoms with Gasteiger partial charge in [-0.3, -0.25) is 4.79 Å². The van der Waals surface area contributed by atoms with Crippen molar-refractivity contribution in [2.45, 2.75) is 5.88 Å². The number of halogens is 1. The van der Waals surface area contributed by atoms with Crippen LogP contribution in [0.15, 0.2) is 57.7 Å². The van der Waals surface area contributed by atoms with Gasteiger partial charge in [-0.25, -0.2) is 4.79 Å². The zero-order chi connectivity index (χ0) is 16.4. The van der Waals surface area contributed by atoms with Gasteiger partial charge in [0.2, 0.25) is 5.43 Å². The van der Waals surface area contributed by atoms with Gasteiger partial charge in [0, 0.05) is 11.1 Å². The minimum Gasteiger partial charge on any atom is -0.465 e. The summed E-state index contributed by atoms with van der Waals surface area (Å²) in [5.41, 5.74) is 1.16. The molecule has 0 radical (unpaired) electrons. The molecule has 3 aromatic rings. The zero-order valence-electron chi connectivity index (χ0n) is 12.3. The van der Waals surface area contributed by atoms with Crippen LogP contribution in [0.3, 0.4) is 0 Å². The Morgan fingerprint density at radius 2 is 1.87 bits per heavy atom. The Hall–Kier alpha value is -2.59. The quantitative estimate of drug-likeness (QED) is 0.539. The van der Waals surface area contributed by atoms with Gasteiger partial charge in [0.25, 0.3) is 0 Å². The average Bonchev–Trinajstić information content (AvgIpc) is 2.61. The van der Waals surface area contributed by atoms with E-state index < -0.39 is 11.4 Å². The molecule has 0 fully saturated rings. The number of ether oxygens (including phenoxy) is 1. The summed E-state index contributed by atoms with van der Waals surface area (Å²) < 4.78 is 10.7. The number of fused-ring (bicyclic) bond motifs is 1. The molecular formula is C18H13ClO4. The van der Waals surface area contributed by atoms with Crippen molar-refractivity contribution in [2.24, 2.45) is 0 Å². The summed E-state index contributed by atoms with van der Waals surface area (Å²) in [5.74, 6) is -0.338. The Bertz CT molecular complexity index is 929. The van der Waals surface area contributed by atoms with E-state index in [1.54, 1.807) is 42.5 Å². The molecule has 0 aliphatic rings. The molecule has 0 saturated carbocycles. The van der Waals surface area contributed by atoms with Gasteiger partial charge >= 0.3 is 5.97 Å². The molecule has 0 atom stereocenters. The maximum Gasteiger partial charge on any atom is 0.345 e. The predicted octanol–water partition coefficient (Wildman–Crippen LogP) is 3.99. The van der Waals surface area contributed by atoms with Crippen LogP contribution in [0.2, 0.25) is 0 Å². The van der Waals surface area contributed by atoms with Crippen LogP contribution in [0.4, 0.5) is 0 Å². The van der Waals surface area contributed by atoms with E-state index in [9.17, 15) is 9.59 Å². The summed E-state index contributed by atoms with van der Waals surface area (Å²) in [6.07, 6.45) is 0. The third kappa shape index (κ3) is 2.62. The highest BCUT2D eigenvalue weighted by Crippen LogP contribution is 2.28. The zero-order valence-corrected chi connectivity index (χ0v) is 13.1. The van der Waals surface area contributed by atoms with Crippen LogP contribution in [0, 0.1) is 0 Å². The Kier molecular flexibility index (Phi) is 4.17. The lowest BCUT2D eigenvalue weighted by Crippen LogP contribution is -2.18. The van der Waals surface area contributed by atoms with E-state index in [4.69, 9.17) is 20.8 Å². The van der Waals surface area contributed by atoms with Crippen molar-refractivity contribution >= 4 is 28.5 Å². The standard InChI is InChI=1S/C18H13ClO4/c1-22-18(21)14-15(20)13-9-5-8-12(10-19)16(13)23-17(14)11-6-3-2-4-7-11/h2-9H,10H2,1H3. The summed E-state index contributed by atoms with van der Waals surface area (Å²) in [5, 5.41) is 0.309. The second-order valence-corrected chi connectivity index (χ2v) is 5.19. The van der Waals surface area contributed by atoms with Crippen LogP contribution in [0.1, 0.15) is 15.9 Å². The number of benzene rings is 2. The van der Waals surface area contributed by atoms with Crippen LogP contribution in [0.25, 0.3) is 22.3 Å². The first kappa shape index (κ1) is 15.3. The van der Waals surface area contributed by atoms with Crippen molar-refractivity contribution in [2.75, 3.05) is 7.11 Å². The van der Waals surface area contributed by atoms with Crippen molar-refractivity contribution < 1.29 is 13.9 Å². The first-order valence-electron chi connectivity index (χ1n) is 6.95. The third-order valence-electron chi connectivity index (χ3n) is 3.57. The molecule has 0 N–H and O–H groups in total. The monoisotopic (exact) mass is 328 g/mol. The van der Waals surface area contributed by atoms with E-state index in [1.807, 2.05) is 6.07 Å². The highest BCUT2D eigenvalue weighted by atomic mass is 35.5. The molecule has 1 heterocycles. The minimum absolute atomic E-state index is 0.113. The molecule has 23 heavy (non-hydrogen) atoms. The van der Waals surface area contributed by atoms with Gasteiger partial charge in [-0.1, -0.05) is 42.5 Å². The molecule has 0 aliphatic carbocycles. The first-order chi connectivity index (χ1) is 11.2. The van der Waals surface area contributed by atoms with Crippen molar-refractivity contribution in [3.8, 4) is 11.3 Å². The van der Waals surface area contributed by atoms with Crippen molar-refractivity contribution in [1.29, 1.82) is 0 Å². The molecule has 3 rings (SSSR count). The summed E-state index contributed by atoms with van der Waals surface area (Å²) >= 11 is 5.93. The van der Waals surface area contributed by atoms with Crippen LogP contribution in [-0.4, -0.2) is 13.1 Å². The van der Waals surface area contributed by atoms with Crippen molar-refractivity contribution in [1.82, 2.24) is 0 Å². The number of carbonyl (C=O) groups excluding carboxylic acids is 1. The molecule has 0 aliphatic heterocycles. The van der Waals surface area contributed by atoms with Crippen LogP contribution >= 0.6 is 11.6 Å². The normalized spacial score (nSPS) is 10.7. The Morgan fingerprint density at radius 3 is 2.52 bits per heavy atom. The van der Waals surface area contributed by atoms with Gasteiger partial charge in [-0.2, -0.15) is 0 Å². The highest BCUT2D eigenvalue weighted by molar-refractivity contribution is 6.17. The topological polar surface area (TPSA) is 56.5 Å². The van der Waals surface area contributed by atoms with E-state index in [0.29, 0.717) is 22.1 Å². The molecule has 4 nitrogen and oxygen atoms in total. The number of hydrogen-bond acceptors (Lipinski definition) is 4. The number of methoxy groups -OCH3 is 1. The molecule has 0 spiro atoms. The number of carbonyl (C=O) groups is 1. The first-order valence-corrected chi connectivity index (χ1v) is 7.49. The average molecular weight is 329 g/mol. The Morgan fingerprint density at radius 1 is 1.13 bits per heavy atom. The van der Waals surface area contributed by atoms with E-state index in [0.717, 1.165) is 0 Å². The summed E-state index contributed by atoms with van der Waals surface area (Å²) in [7, 11) is 1.23. The Labute approximate surface area is 137 Å². The van der Waals surface area contributed by atoms with Crippen LogP contribution in [-0.2, 0) is 10.6 Å². The van der Waals surface area contributed by atoms with Gasteiger partial charge in [0.05, 0.1) is 18.4 Å². The highest BCUT2D eigenvalue weighted by Gasteiger charge is 2.23. The Balaban J connectivity index is 2.45. The van der Waals surface area contributed by atoms with Gasteiger partial charge in [-0.05, 0) is 6.07 Å². The van der Waals surface area contributed by atoms with Crippen molar-refractivity contribution in [3.63, 3.8) is 0 Å².